The first-order chi connectivity index (χ1) is 8.54. The molecule has 2 atom stereocenters. The van der Waals surface area contributed by atoms with E-state index in [-0.39, 0.29) is 6.42 Å². The van der Waals surface area contributed by atoms with Gasteiger partial charge in [-0.1, -0.05) is 32.1 Å². The number of epoxide rings is 1. The highest BCUT2D eigenvalue weighted by Gasteiger charge is 2.62. The Balaban J connectivity index is 1.89. The molecule has 2 fully saturated rings. The predicted molar refractivity (Wildman–Crippen MR) is 63.3 cm³/mol. The molecule has 1 saturated heterocycles. The molecule has 18 heavy (non-hydrogen) atoms. The molecule has 0 spiro atoms. The zero-order chi connectivity index (χ0) is 13.2. The molecule has 2 unspecified atom stereocenters. The average molecular weight is 256 g/mol. The van der Waals surface area contributed by atoms with E-state index in [4.69, 9.17) is 9.84 Å². The fourth-order valence-electron chi connectivity index (χ4n) is 3.04. The van der Waals surface area contributed by atoms with Crippen molar-refractivity contribution >= 4 is 11.9 Å². The number of hydrogen-bond donors (Lipinski definition) is 2. The van der Waals surface area contributed by atoms with Gasteiger partial charge in [0, 0.05) is 6.42 Å². The Morgan fingerprint density at radius 1 is 1.17 bits per heavy atom. The second-order valence-electron chi connectivity index (χ2n) is 5.44. The molecular formula is C13H20O5. The summed E-state index contributed by atoms with van der Waals surface area (Å²) in [6.45, 7) is 0. The Kier molecular flexibility index (Phi) is 3.90. The molecule has 5 heteroatoms. The summed E-state index contributed by atoms with van der Waals surface area (Å²) in [5, 5.41) is 17.9. The van der Waals surface area contributed by atoms with Gasteiger partial charge in [-0.05, 0) is 18.8 Å². The standard InChI is InChI=1S/C13H20O5/c14-11(15)7-6-10-13(18-10,12(16)17)8-9-4-2-1-3-5-9/h9-10H,1-8H2,(H,14,15)(H,16,17). The maximum atomic E-state index is 11.3. The van der Waals surface area contributed by atoms with E-state index in [0.717, 1.165) is 12.8 Å². The van der Waals surface area contributed by atoms with Crippen molar-refractivity contribution in [2.45, 2.75) is 63.1 Å². The summed E-state index contributed by atoms with van der Waals surface area (Å²) in [4.78, 5) is 21.8. The van der Waals surface area contributed by atoms with Crippen molar-refractivity contribution in [2.24, 2.45) is 5.92 Å². The second-order valence-corrected chi connectivity index (χ2v) is 5.44. The van der Waals surface area contributed by atoms with Gasteiger partial charge < -0.3 is 14.9 Å². The van der Waals surface area contributed by atoms with Gasteiger partial charge in [-0.2, -0.15) is 0 Å². The molecule has 1 saturated carbocycles. The molecule has 0 bridgehead atoms. The number of carboxylic acids is 2. The maximum absolute atomic E-state index is 11.3. The summed E-state index contributed by atoms with van der Waals surface area (Å²) >= 11 is 0. The smallest absolute Gasteiger partial charge is 0.338 e. The second kappa shape index (κ2) is 5.26. The Labute approximate surface area is 106 Å². The highest BCUT2D eigenvalue weighted by Crippen LogP contribution is 2.47. The van der Waals surface area contributed by atoms with Gasteiger partial charge in [0.15, 0.2) is 5.60 Å². The average Bonchev–Trinajstić information content (AvgIpc) is 3.03. The maximum Gasteiger partial charge on any atom is 0.338 e. The number of rotatable bonds is 6. The zero-order valence-electron chi connectivity index (χ0n) is 10.4. The lowest BCUT2D eigenvalue weighted by molar-refractivity contribution is -0.144. The quantitative estimate of drug-likeness (QED) is 0.710. The molecule has 0 amide bonds. The lowest BCUT2D eigenvalue weighted by Gasteiger charge is -2.23. The first-order valence-corrected chi connectivity index (χ1v) is 6.67. The topological polar surface area (TPSA) is 87.1 Å². The summed E-state index contributed by atoms with van der Waals surface area (Å²) in [5.74, 6) is -1.41. The molecule has 1 aliphatic carbocycles. The lowest BCUT2D eigenvalue weighted by Crippen LogP contribution is -2.31. The molecule has 5 nitrogen and oxygen atoms in total. The molecular weight excluding hydrogens is 236 g/mol. The minimum absolute atomic E-state index is 0.0234. The highest BCUT2D eigenvalue weighted by atomic mass is 16.6. The van der Waals surface area contributed by atoms with E-state index >= 15 is 0 Å². The van der Waals surface area contributed by atoms with Crippen molar-refractivity contribution < 1.29 is 24.5 Å². The zero-order valence-corrected chi connectivity index (χ0v) is 10.4. The Morgan fingerprint density at radius 3 is 2.39 bits per heavy atom. The normalized spacial score (nSPS) is 32.1. The SMILES string of the molecule is O=C(O)CCC1OC1(CC1CCCCC1)C(=O)O. The monoisotopic (exact) mass is 256 g/mol. The van der Waals surface area contributed by atoms with Crippen LogP contribution in [0.1, 0.15) is 51.4 Å². The third-order valence-corrected chi connectivity index (χ3v) is 4.11. The Hall–Kier alpha value is -1.10. The molecule has 102 valence electrons. The van der Waals surface area contributed by atoms with Gasteiger partial charge in [-0.3, -0.25) is 4.79 Å². The number of ether oxygens (including phenoxy) is 1. The van der Waals surface area contributed by atoms with Gasteiger partial charge in [0.05, 0.1) is 6.10 Å². The van der Waals surface area contributed by atoms with Gasteiger partial charge in [0.25, 0.3) is 0 Å². The van der Waals surface area contributed by atoms with Crippen LogP contribution in [0.2, 0.25) is 0 Å². The van der Waals surface area contributed by atoms with Crippen LogP contribution in [0.5, 0.6) is 0 Å². The van der Waals surface area contributed by atoms with Crippen molar-refractivity contribution in [3.05, 3.63) is 0 Å². The molecule has 1 heterocycles. The first-order valence-electron chi connectivity index (χ1n) is 6.67. The largest absolute Gasteiger partial charge is 0.481 e. The first kappa shape index (κ1) is 13.3. The fraction of sp³-hybridized carbons (Fsp3) is 0.846. The number of aliphatic carboxylic acids is 2. The number of carboxylic acid groups (broad SMARTS) is 2. The van der Waals surface area contributed by atoms with Crippen LogP contribution < -0.4 is 0 Å². The van der Waals surface area contributed by atoms with Crippen LogP contribution in [0.25, 0.3) is 0 Å². The third kappa shape index (κ3) is 2.83. The highest BCUT2D eigenvalue weighted by molar-refractivity contribution is 5.81. The molecule has 0 aromatic carbocycles. The van der Waals surface area contributed by atoms with Crippen molar-refractivity contribution in [2.75, 3.05) is 0 Å². The third-order valence-electron chi connectivity index (χ3n) is 4.11. The van der Waals surface area contributed by atoms with Gasteiger partial charge >= 0.3 is 11.9 Å². The summed E-state index contributed by atoms with van der Waals surface area (Å²) in [5.41, 5.74) is -1.09. The lowest BCUT2D eigenvalue weighted by atomic mass is 9.81. The molecule has 0 radical (unpaired) electrons. The number of carbonyl (C=O) groups is 2. The van der Waals surface area contributed by atoms with E-state index < -0.39 is 23.6 Å². The Morgan fingerprint density at radius 2 is 1.83 bits per heavy atom. The Bertz CT molecular complexity index is 334. The van der Waals surface area contributed by atoms with Crippen LogP contribution in [0.15, 0.2) is 0 Å². The van der Waals surface area contributed by atoms with Crippen molar-refractivity contribution in [1.82, 2.24) is 0 Å². The summed E-state index contributed by atoms with van der Waals surface area (Å²) < 4.78 is 5.36. The molecule has 0 aromatic heterocycles. The minimum Gasteiger partial charge on any atom is -0.481 e. The molecule has 2 aliphatic rings. The van der Waals surface area contributed by atoms with E-state index in [9.17, 15) is 14.7 Å². The van der Waals surface area contributed by atoms with Crippen LogP contribution in [0.3, 0.4) is 0 Å². The van der Waals surface area contributed by atoms with Gasteiger partial charge in [0.1, 0.15) is 0 Å². The van der Waals surface area contributed by atoms with Crippen LogP contribution in [0.4, 0.5) is 0 Å². The minimum atomic E-state index is -1.09. The molecule has 1 aliphatic heterocycles. The summed E-state index contributed by atoms with van der Waals surface area (Å²) in [6.07, 6.45) is 6.13. The molecule has 0 aromatic rings. The van der Waals surface area contributed by atoms with E-state index in [1.807, 2.05) is 0 Å². The van der Waals surface area contributed by atoms with Crippen molar-refractivity contribution in [3.63, 3.8) is 0 Å². The van der Waals surface area contributed by atoms with E-state index in [1.165, 1.54) is 19.3 Å². The van der Waals surface area contributed by atoms with Crippen LogP contribution in [-0.2, 0) is 14.3 Å². The predicted octanol–water partition coefficient (Wildman–Crippen LogP) is 2.04. The van der Waals surface area contributed by atoms with E-state index in [1.54, 1.807) is 0 Å². The summed E-state index contributed by atoms with van der Waals surface area (Å²) in [6, 6.07) is 0. The van der Waals surface area contributed by atoms with Crippen LogP contribution in [-0.4, -0.2) is 33.9 Å². The van der Waals surface area contributed by atoms with E-state index in [0.29, 0.717) is 18.8 Å². The van der Waals surface area contributed by atoms with Gasteiger partial charge in [0.2, 0.25) is 0 Å². The van der Waals surface area contributed by atoms with Crippen LogP contribution >= 0.6 is 0 Å². The molecule has 2 rings (SSSR count). The molecule has 2 N–H and O–H groups in total. The number of hydrogen-bond acceptors (Lipinski definition) is 3. The van der Waals surface area contributed by atoms with Gasteiger partial charge in [-0.15, -0.1) is 0 Å². The van der Waals surface area contributed by atoms with Crippen LogP contribution in [0, 0.1) is 5.92 Å². The summed E-state index contributed by atoms with van der Waals surface area (Å²) in [7, 11) is 0. The van der Waals surface area contributed by atoms with Crippen molar-refractivity contribution in [1.29, 1.82) is 0 Å². The van der Waals surface area contributed by atoms with Gasteiger partial charge in [-0.25, -0.2) is 4.79 Å². The van der Waals surface area contributed by atoms with E-state index in [2.05, 4.69) is 0 Å². The fourth-order valence-corrected chi connectivity index (χ4v) is 3.04. The van der Waals surface area contributed by atoms with Crippen molar-refractivity contribution in [3.8, 4) is 0 Å².